The average Bonchev–Trinajstić information content (AvgIpc) is 2.20. The zero-order chi connectivity index (χ0) is 11.3. The van der Waals surface area contributed by atoms with Crippen LogP contribution in [0.25, 0.3) is 0 Å². The minimum atomic E-state index is -0.861. The average molecular weight is 215 g/mol. The van der Waals surface area contributed by atoms with Crippen molar-refractivity contribution in [3.05, 3.63) is 0 Å². The first-order valence-corrected chi connectivity index (χ1v) is 5.45. The smallest absolute Gasteiger partial charge is 0.407 e. The zero-order valence-corrected chi connectivity index (χ0v) is 9.57. The van der Waals surface area contributed by atoms with E-state index in [-0.39, 0.29) is 0 Å². The van der Waals surface area contributed by atoms with E-state index in [1.807, 2.05) is 0 Å². The van der Waals surface area contributed by atoms with Gasteiger partial charge in [-0.15, -0.1) is 0 Å². The van der Waals surface area contributed by atoms with Crippen LogP contribution >= 0.6 is 0 Å². The van der Waals surface area contributed by atoms with Crippen molar-refractivity contribution < 1.29 is 9.90 Å². The van der Waals surface area contributed by atoms with E-state index in [4.69, 9.17) is 5.11 Å². The number of carboxylic acid groups (broad SMARTS) is 1. The molecule has 88 valence electrons. The fraction of sp³-hybridized carbons (Fsp3) is 0.900. The van der Waals surface area contributed by atoms with Crippen molar-refractivity contribution in [2.75, 3.05) is 40.3 Å². The molecule has 0 aromatic heterocycles. The molecule has 15 heavy (non-hydrogen) atoms. The van der Waals surface area contributed by atoms with E-state index in [1.165, 1.54) is 4.90 Å². The van der Waals surface area contributed by atoms with Gasteiger partial charge in [-0.1, -0.05) is 0 Å². The lowest BCUT2D eigenvalue weighted by Gasteiger charge is -2.30. The molecule has 1 amide bonds. The quantitative estimate of drug-likeness (QED) is 0.707. The monoisotopic (exact) mass is 215 g/mol. The number of hydrogen-bond acceptors (Lipinski definition) is 3. The number of rotatable bonds is 4. The summed E-state index contributed by atoms with van der Waals surface area (Å²) in [7, 11) is 3.73. The molecule has 1 rings (SSSR count). The highest BCUT2D eigenvalue weighted by molar-refractivity contribution is 5.64. The van der Waals surface area contributed by atoms with Crippen LogP contribution in [0.2, 0.25) is 0 Å². The first-order chi connectivity index (χ1) is 7.09. The first kappa shape index (κ1) is 12.3. The second-order valence-electron chi connectivity index (χ2n) is 4.24. The number of carbonyl (C=O) groups is 1. The number of likely N-dealkylation sites (tertiary alicyclic amines) is 1. The van der Waals surface area contributed by atoms with Gasteiger partial charge in [0.25, 0.3) is 0 Å². The lowest BCUT2D eigenvalue weighted by atomic mass is 10.1. The van der Waals surface area contributed by atoms with Crippen LogP contribution in [0, 0.1) is 0 Å². The van der Waals surface area contributed by atoms with Crippen molar-refractivity contribution in [2.45, 2.75) is 18.9 Å². The van der Waals surface area contributed by atoms with Gasteiger partial charge in [0, 0.05) is 26.2 Å². The maximum atomic E-state index is 10.5. The number of nitrogens with zero attached hydrogens (tertiary/aromatic N) is 2. The fourth-order valence-corrected chi connectivity index (χ4v) is 1.74. The molecule has 2 N–H and O–H groups in total. The van der Waals surface area contributed by atoms with E-state index in [1.54, 1.807) is 7.05 Å². The topological polar surface area (TPSA) is 55.8 Å². The predicted molar refractivity (Wildman–Crippen MR) is 59.2 cm³/mol. The van der Waals surface area contributed by atoms with Gasteiger partial charge in [0.2, 0.25) is 0 Å². The summed E-state index contributed by atoms with van der Waals surface area (Å²) in [4.78, 5) is 14.1. The van der Waals surface area contributed by atoms with Gasteiger partial charge in [0.05, 0.1) is 0 Å². The van der Waals surface area contributed by atoms with E-state index >= 15 is 0 Å². The van der Waals surface area contributed by atoms with Crippen molar-refractivity contribution >= 4 is 6.09 Å². The summed E-state index contributed by atoms with van der Waals surface area (Å²) in [6, 6.07) is 0.559. The number of hydrogen-bond donors (Lipinski definition) is 2. The molecule has 1 aliphatic rings. The number of likely N-dealkylation sites (N-methyl/N-ethyl adjacent to an activating group) is 1. The summed E-state index contributed by atoms with van der Waals surface area (Å²) in [5.41, 5.74) is 0. The number of amides is 1. The van der Waals surface area contributed by atoms with Crippen molar-refractivity contribution in [3.63, 3.8) is 0 Å². The lowest BCUT2D eigenvalue weighted by Crippen LogP contribution is -2.43. The van der Waals surface area contributed by atoms with Gasteiger partial charge in [-0.3, -0.25) is 0 Å². The Morgan fingerprint density at radius 3 is 2.67 bits per heavy atom. The molecule has 0 unspecified atom stereocenters. The fourth-order valence-electron chi connectivity index (χ4n) is 1.74. The summed E-state index contributed by atoms with van der Waals surface area (Å²) in [5, 5.41) is 12.0. The van der Waals surface area contributed by atoms with Crippen LogP contribution in [0.15, 0.2) is 0 Å². The zero-order valence-electron chi connectivity index (χ0n) is 9.57. The third kappa shape index (κ3) is 4.48. The Bertz CT molecular complexity index is 203. The molecule has 5 heteroatoms. The van der Waals surface area contributed by atoms with Crippen molar-refractivity contribution in [1.29, 1.82) is 0 Å². The summed E-state index contributed by atoms with van der Waals surface area (Å²) in [6.07, 6.45) is 1.46. The van der Waals surface area contributed by atoms with Gasteiger partial charge in [-0.2, -0.15) is 0 Å². The van der Waals surface area contributed by atoms with Crippen LogP contribution in [-0.4, -0.2) is 67.3 Å². The third-order valence-electron chi connectivity index (χ3n) is 2.93. The van der Waals surface area contributed by atoms with Crippen LogP contribution in [0.3, 0.4) is 0 Å². The first-order valence-electron chi connectivity index (χ1n) is 5.45. The molecule has 0 aliphatic carbocycles. The molecule has 1 saturated heterocycles. The number of nitrogens with one attached hydrogen (secondary N) is 1. The molecule has 5 nitrogen and oxygen atoms in total. The minimum absolute atomic E-state index is 0.557. The van der Waals surface area contributed by atoms with Crippen molar-refractivity contribution in [2.24, 2.45) is 0 Å². The molecule has 0 aromatic carbocycles. The standard InChI is InChI=1S/C10H21N3O2/c1-12-6-3-9(4-7-12)11-5-8-13(2)10(14)15/h9,11H,3-8H2,1-2H3,(H,14,15). The Hall–Kier alpha value is -0.810. The van der Waals surface area contributed by atoms with E-state index in [9.17, 15) is 4.79 Å². The van der Waals surface area contributed by atoms with Crippen molar-refractivity contribution in [3.8, 4) is 0 Å². The Balaban J connectivity index is 2.07. The Morgan fingerprint density at radius 1 is 1.53 bits per heavy atom. The molecule has 0 spiro atoms. The Kier molecular flexibility index (Phi) is 4.84. The molecule has 0 aromatic rings. The molecular weight excluding hydrogens is 194 g/mol. The van der Waals surface area contributed by atoms with Crippen LogP contribution in [0.4, 0.5) is 4.79 Å². The van der Waals surface area contributed by atoms with Gasteiger partial charge in [0.1, 0.15) is 0 Å². The second kappa shape index (κ2) is 5.92. The van der Waals surface area contributed by atoms with E-state index in [0.29, 0.717) is 12.6 Å². The minimum Gasteiger partial charge on any atom is -0.465 e. The Labute approximate surface area is 91.0 Å². The molecular formula is C10H21N3O2. The van der Waals surface area contributed by atoms with Gasteiger partial charge in [-0.05, 0) is 33.0 Å². The Morgan fingerprint density at radius 2 is 2.13 bits per heavy atom. The molecule has 0 bridgehead atoms. The maximum Gasteiger partial charge on any atom is 0.407 e. The van der Waals surface area contributed by atoms with Crippen molar-refractivity contribution in [1.82, 2.24) is 15.1 Å². The second-order valence-corrected chi connectivity index (χ2v) is 4.24. The van der Waals surface area contributed by atoms with Crippen LogP contribution in [0.1, 0.15) is 12.8 Å². The lowest BCUT2D eigenvalue weighted by molar-refractivity contribution is 0.154. The SMILES string of the molecule is CN1CCC(NCCN(C)C(=O)O)CC1. The van der Waals surface area contributed by atoms with E-state index < -0.39 is 6.09 Å². The van der Waals surface area contributed by atoms with Crippen LogP contribution in [0.5, 0.6) is 0 Å². The van der Waals surface area contributed by atoms with Gasteiger partial charge in [-0.25, -0.2) is 4.79 Å². The molecule has 1 aliphatic heterocycles. The highest BCUT2D eigenvalue weighted by Crippen LogP contribution is 2.07. The molecule has 0 saturated carbocycles. The van der Waals surface area contributed by atoms with Gasteiger partial charge >= 0.3 is 6.09 Å². The molecule has 0 radical (unpaired) electrons. The highest BCUT2D eigenvalue weighted by Gasteiger charge is 2.15. The van der Waals surface area contributed by atoms with E-state index in [2.05, 4.69) is 17.3 Å². The maximum absolute atomic E-state index is 10.5. The molecule has 0 atom stereocenters. The van der Waals surface area contributed by atoms with Gasteiger partial charge in [0.15, 0.2) is 0 Å². The summed E-state index contributed by atoms with van der Waals surface area (Å²) >= 11 is 0. The summed E-state index contributed by atoms with van der Waals surface area (Å²) in [5.74, 6) is 0. The van der Waals surface area contributed by atoms with Crippen LogP contribution < -0.4 is 5.32 Å². The third-order valence-corrected chi connectivity index (χ3v) is 2.93. The highest BCUT2D eigenvalue weighted by atomic mass is 16.4. The largest absolute Gasteiger partial charge is 0.465 e. The molecule has 1 heterocycles. The normalized spacial score (nSPS) is 19.1. The predicted octanol–water partition coefficient (Wildman–Crippen LogP) is 0.280. The van der Waals surface area contributed by atoms with E-state index in [0.717, 1.165) is 32.5 Å². The number of piperidine rings is 1. The molecule has 1 fully saturated rings. The summed E-state index contributed by atoms with van der Waals surface area (Å²) < 4.78 is 0. The van der Waals surface area contributed by atoms with Gasteiger partial charge < -0.3 is 20.2 Å². The van der Waals surface area contributed by atoms with Crippen LogP contribution in [-0.2, 0) is 0 Å². The summed E-state index contributed by atoms with van der Waals surface area (Å²) in [6.45, 7) is 3.57.